The SMILES string of the molecule is Cc1cc(OC2CCNC2)c(F)cc1[N+](=O)[O-]. The van der Waals surface area contributed by atoms with Crippen molar-refractivity contribution >= 4 is 5.69 Å². The quantitative estimate of drug-likeness (QED) is 0.646. The summed E-state index contributed by atoms with van der Waals surface area (Å²) >= 11 is 0. The number of hydrogen-bond donors (Lipinski definition) is 1. The van der Waals surface area contributed by atoms with Gasteiger partial charge in [-0.15, -0.1) is 0 Å². The first kappa shape index (κ1) is 11.8. The Kier molecular flexibility index (Phi) is 3.23. The number of rotatable bonds is 3. The minimum atomic E-state index is -0.686. The molecule has 0 spiro atoms. The van der Waals surface area contributed by atoms with Crippen LogP contribution in [0.4, 0.5) is 10.1 Å². The molecule has 5 nitrogen and oxygen atoms in total. The Morgan fingerprint density at radius 2 is 2.35 bits per heavy atom. The van der Waals surface area contributed by atoms with Gasteiger partial charge >= 0.3 is 0 Å². The molecule has 1 aliphatic heterocycles. The molecule has 1 atom stereocenters. The number of halogens is 1. The molecule has 1 aliphatic rings. The van der Waals surface area contributed by atoms with Crippen LogP contribution < -0.4 is 10.1 Å². The Hall–Kier alpha value is -1.69. The molecule has 92 valence electrons. The second-order valence-corrected chi connectivity index (χ2v) is 4.06. The fourth-order valence-corrected chi connectivity index (χ4v) is 1.84. The lowest BCUT2D eigenvalue weighted by Crippen LogP contribution is -2.20. The highest BCUT2D eigenvalue weighted by Gasteiger charge is 2.21. The minimum Gasteiger partial charge on any atom is -0.486 e. The molecule has 6 heteroatoms. The van der Waals surface area contributed by atoms with Crippen LogP contribution in [-0.4, -0.2) is 24.1 Å². The van der Waals surface area contributed by atoms with Crippen molar-refractivity contribution in [3.8, 4) is 5.75 Å². The van der Waals surface area contributed by atoms with E-state index in [2.05, 4.69) is 5.32 Å². The second kappa shape index (κ2) is 4.67. The molecule has 1 unspecified atom stereocenters. The fraction of sp³-hybridized carbons (Fsp3) is 0.455. The number of hydrogen-bond acceptors (Lipinski definition) is 4. The highest BCUT2D eigenvalue weighted by molar-refractivity contribution is 5.45. The van der Waals surface area contributed by atoms with Crippen molar-refractivity contribution < 1.29 is 14.1 Å². The maximum absolute atomic E-state index is 13.6. The summed E-state index contributed by atoms with van der Waals surface area (Å²) in [5, 5.41) is 13.7. The average molecular weight is 240 g/mol. The van der Waals surface area contributed by atoms with Crippen molar-refractivity contribution in [1.29, 1.82) is 0 Å². The molecule has 0 amide bonds. The lowest BCUT2D eigenvalue weighted by atomic mass is 10.2. The van der Waals surface area contributed by atoms with Crippen molar-refractivity contribution in [2.24, 2.45) is 0 Å². The van der Waals surface area contributed by atoms with Crippen molar-refractivity contribution in [1.82, 2.24) is 5.32 Å². The molecule has 1 heterocycles. The summed E-state index contributed by atoms with van der Waals surface area (Å²) in [5.74, 6) is -0.601. The summed E-state index contributed by atoms with van der Waals surface area (Å²) in [7, 11) is 0. The van der Waals surface area contributed by atoms with E-state index in [-0.39, 0.29) is 17.5 Å². The predicted octanol–water partition coefficient (Wildman–Crippen LogP) is 1.78. The smallest absolute Gasteiger partial charge is 0.275 e. The summed E-state index contributed by atoms with van der Waals surface area (Å²) in [4.78, 5) is 10.0. The summed E-state index contributed by atoms with van der Waals surface area (Å²) in [6.07, 6.45) is 0.750. The van der Waals surface area contributed by atoms with Gasteiger partial charge in [0, 0.05) is 12.1 Å². The van der Waals surface area contributed by atoms with Crippen LogP contribution >= 0.6 is 0 Å². The van der Waals surface area contributed by atoms with E-state index in [9.17, 15) is 14.5 Å². The van der Waals surface area contributed by atoms with Crippen LogP contribution in [0.25, 0.3) is 0 Å². The molecule has 0 aliphatic carbocycles. The van der Waals surface area contributed by atoms with E-state index in [0.717, 1.165) is 19.0 Å². The zero-order valence-electron chi connectivity index (χ0n) is 9.40. The largest absolute Gasteiger partial charge is 0.486 e. The van der Waals surface area contributed by atoms with Crippen LogP contribution in [0.3, 0.4) is 0 Å². The van der Waals surface area contributed by atoms with E-state index in [1.807, 2.05) is 0 Å². The van der Waals surface area contributed by atoms with Gasteiger partial charge in [0.05, 0.1) is 11.0 Å². The lowest BCUT2D eigenvalue weighted by molar-refractivity contribution is -0.385. The highest BCUT2D eigenvalue weighted by atomic mass is 19.1. The first-order valence-electron chi connectivity index (χ1n) is 5.40. The molecule has 1 N–H and O–H groups in total. The number of nitro benzene ring substituents is 1. The number of nitrogens with one attached hydrogen (secondary N) is 1. The Balaban J connectivity index is 2.23. The average Bonchev–Trinajstić information content (AvgIpc) is 2.75. The van der Waals surface area contributed by atoms with Gasteiger partial charge in [0.15, 0.2) is 11.6 Å². The number of nitrogens with zero attached hydrogens (tertiary/aromatic N) is 1. The molecule has 1 fully saturated rings. The van der Waals surface area contributed by atoms with E-state index in [4.69, 9.17) is 4.74 Å². The van der Waals surface area contributed by atoms with Crippen molar-refractivity contribution in [3.63, 3.8) is 0 Å². The third kappa shape index (κ3) is 2.52. The number of nitro groups is 1. The normalized spacial score (nSPS) is 19.3. The van der Waals surface area contributed by atoms with E-state index < -0.39 is 10.7 Å². The molecule has 0 bridgehead atoms. The maximum atomic E-state index is 13.6. The van der Waals surface area contributed by atoms with E-state index in [0.29, 0.717) is 12.1 Å². The molecular formula is C11H13FN2O3. The van der Waals surface area contributed by atoms with E-state index in [1.165, 1.54) is 6.07 Å². The summed E-state index contributed by atoms with van der Waals surface area (Å²) in [5.41, 5.74) is 0.178. The van der Waals surface area contributed by atoms with E-state index in [1.54, 1.807) is 6.92 Å². The summed E-state index contributed by atoms with van der Waals surface area (Å²) in [6.45, 7) is 3.09. The number of ether oxygens (including phenoxy) is 1. The van der Waals surface area contributed by atoms with Gasteiger partial charge < -0.3 is 10.1 Å². The molecule has 17 heavy (non-hydrogen) atoms. The van der Waals surface area contributed by atoms with Crippen LogP contribution in [0.5, 0.6) is 5.75 Å². The lowest BCUT2D eigenvalue weighted by Gasteiger charge is -2.13. The Bertz CT molecular complexity index is 445. The predicted molar refractivity (Wildman–Crippen MR) is 59.7 cm³/mol. The fourth-order valence-electron chi connectivity index (χ4n) is 1.84. The van der Waals surface area contributed by atoms with Gasteiger partial charge in [0.25, 0.3) is 5.69 Å². The summed E-state index contributed by atoms with van der Waals surface area (Å²) < 4.78 is 19.1. The topological polar surface area (TPSA) is 64.4 Å². The maximum Gasteiger partial charge on any atom is 0.275 e. The molecule has 0 aromatic heterocycles. The standard InChI is InChI=1S/C11H13FN2O3/c1-7-4-11(17-8-2-3-13-6-8)9(12)5-10(7)14(15)16/h4-5,8,13H,2-3,6H2,1H3. The Labute approximate surface area is 97.7 Å². The van der Waals surface area contributed by atoms with Gasteiger partial charge in [0.1, 0.15) is 6.10 Å². The third-order valence-corrected chi connectivity index (χ3v) is 2.76. The molecule has 1 aromatic carbocycles. The van der Waals surface area contributed by atoms with Crippen LogP contribution in [0, 0.1) is 22.9 Å². The zero-order chi connectivity index (χ0) is 12.4. The Morgan fingerprint density at radius 3 is 2.94 bits per heavy atom. The van der Waals surface area contributed by atoms with Gasteiger partial charge in [-0.3, -0.25) is 10.1 Å². The van der Waals surface area contributed by atoms with Crippen molar-refractivity contribution in [2.45, 2.75) is 19.4 Å². The van der Waals surface area contributed by atoms with Crippen molar-refractivity contribution in [3.05, 3.63) is 33.6 Å². The molecular weight excluding hydrogens is 227 g/mol. The molecule has 2 rings (SSSR count). The Morgan fingerprint density at radius 1 is 1.59 bits per heavy atom. The van der Waals surface area contributed by atoms with Crippen LogP contribution in [-0.2, 0) is 0 Å². The van der Waals surface area contributed by atoms with Crippen LogP contribution in [0.15, 0.2) is 12.1 Å². The summed E-state index contributed by atoms with van der Waals surface area (Å²) in [6, 6.07) is 2.29. The number of benzene rings is 1. The molecule has 1 saturated heterocycles. The highest BCUT2D eigenvalue weighted by Crippen LogP contribution is 2.28. The van der Waals surface area contributed by atoms with Crippen LogP contribution in [0.1, 0.15) is 12.0 Å². The zero-order valence-corrected chi connectivity index (χ0v) is 9.40. The third-order valence-electron chi connectivity index (χ3n) is 2.76. The van der Waals surface area contributed by atoms with E-state index >= 15 is 0 Å². The van der Waals surface area contributed by atoms with Gasteiger partial charge in [-0.05, 0) is 26.0 Å². The molecule has 0 radical (unpaired) electrons. The molecule has 1 aromatic rings. The van der Waals surface area contributed by atoms with Crippen LogP contribution in [0.2, 0.25) is 0 Å². The first-order chi connectivity index (χ1) is 8.08. The second-order valence-electron chi connectivity index (χ2n) is 4.06. The van der Waals surface area contributed by atoms with Gasteiger partial charge in [-0.1, -0.05) is 0 Å². The van der Waals surface area contributed by atoms with Gasteiger partial charge in [-0.2, -0.15) is 0 Å². The first-order valence-corrected chi connectivity index (χ1v) is 5.40. The van der Waals surface area contributed by atoms with Gasteiger partial charge in [0.2, 0.25) is 0 Å². The van der Waals surface area contributed by atoms with Gasteiger partial charge in [-0.25, -0.2) is 4.39 Å². The number of aryl methyl sites for hydroxylation is 1. The minimum absolute atomic E-state index is 0.0645. The monoisotopic (exact) mass is 240 g/mol. The molecule has 0 saturated carbocycles. The van der Waals surface area contributed by atoms with Crippen molar-refractivity contribution in [2.75, 3.05) is 13.1 Å².